The fraction of sp³-hybridized carbons (Fsp3) is 0.516. The second-order valence-corrected chi connectivity index (χ2v) is 12.0. The molecule has 1 aromatic heterocycles. The number of morpholine rings is 1. The topological polar surface area (TPSA) is 243 Å². The molecule has 2 aromatic rings. The summed E-state index contributed by atoms with van der Waals surface area (Å²) in [6, 6.07) is 6.94. The summed E-state index contributed by atoms with van der Waals surface area (Å²) in [5, 5.41) is 9.94. The first kappa shape index (κ1) is 37.2. The number of hydrogen-bond donors (Lipinski definition) is 7. The number of rotatable bonds is 20. The first-order valence-corrected chi connectivity index (χ1v) is 16.6. The van der Waals surface area contributed by atoms with Gasteiger partial charge in [-0.1, -0.05) is 18.2 Å². The molecule has 1 aliphatic heterocycles. The van der Waals surface area contributed by atoms with Crippen molar-refractivity contribution >= 4 is 40.9 Å². The minimum atomic E-state index is -1.16. The Morgan fingerprint density at radius 3 is 2.23 bits per heavy atom. The van der Waals surface area contributed by atoms with E-state index < -0.39 is 41.8 Å². The van der Waals surface area contributed by atoms with E-state index in [-0.39, 0.29) is 25.3 Å². The fourth-order valence-electron chi connectivity index (χ4n) is 4.88. The quantitative estimate of drug-likeness (QED) is 0.0543. The Bertz CT molecular complexity index is 1300. The van der Waals surface area contributed by atoms with E-state index in [4.69, 9.17) is 32.4 Å². The van der Waals surface area contributed by atoms with Crippen LogP contribution in [0.15, 0.2) is 46.8 Å². The molecule has 0 aliphatic carbocycles. The largest absolute Gasteiger partial charge is 0.492 e. The number of nitrogens with one attached hydrogen (secondary N) is 3. The van der Waals surface area contributed by atoms with E-state index in [2.05, 4.69) is 25.8 Å². The molecule has 3 atom stereocenters. The van der Waals surface area contributed by atoms with E-state index in [1.807, 2.05) is 0 Å². The number of nitrogens with two attached hydrogens (primary N) is 4. The lowest BCUT2D eigenvalue weighted by molar-refractivity contribution is -0.132. The normalized spacial score (nSPS) is 15.1. The molecule has 11 N–H and O–H groups in total. The van der Waals surface area contributed by atoms with Crippen molar-refractivity contribution in [3.63, 3.8) is 0 Å². The van der Waals surface area contributed by atoms with Crippen LogP contribution in [0.3, 0.4) is 0 Å². The molecule has 1 fully saturated rings. The lowest BCUT2D eigenvalue weighted by atomic mass is 10.0. The van der Waals surface area contributed by atoms with Crippen LogP contribution in [0.1, 0.15) is 53.4 Å². The molecule has 3 rings (SSSR count). The summed E-state index contributed by atoms with van der Waals surface area (Å²) >= 11 is 1.23. The summed E-state index contributed by atoms with van der Waals surface area (Å²) < 4.78 is 11.2. The highest BCUT2D eigenvalue weighted by molar-refractivity contribution is 7.12. The second kappa shape index (κ2) is 20.1. The van der Waals surface area contributed by atoms with Crippen molar-refractivity contribution in [3.8, 4) is 5.75 Å². The third-order valence-corrected chi connectivity index (χ3v) is 8.33. The summed E-state index contributed by atoms with van der Waals surface area (Å²) in [5.74, 6) is -1.84. The van der Waals surface area contributed by atoms with Crippen molar-refractivity contribution in [1.82, 2.24) is 20.9 Å². The number of carbonyl (C=O) groups is 4. The maximum atomic E-state index is 13.6. The van der Waals surface area contributed by atoms with Crippen LogP contribution in [0.5, 0.6) is 5.75 Å². The SMILES string of the molecule is NCCCC[C@H](NC(=O)[C@H](CCCN=C(N)N)NC(=O)c1cccs1)C(=O)N[C@H](C(N)=O)c1ccc(OCCN2CCOCC2)cc1. The number of guanidine groups is 1. The molecule has 258 valence electrons. The summed E-state index contributed by atoms with van der Waals surface area (Å²) in [6.45, 7) is 5.04. The minimum absolute atomic E-state index is 0.0831. The lowest BCUT2D eigenvalue weighted by Crippen LogP contribution is -2.54. The number of ether oxygens (including phenoxy) is 2. The smallest absolute Gasteiger partial charge is 0.261 e. The highest BCUT2D eigenvalue weighted by Crippen LogP contribution is 2.19. The molecule has 47 heavy (non-hydrogen) atoms. The van der Waals surface area contributed by atoms with E-state index in [0.29, 0.717) is 61.8 Å². The van der Waals surface area contributed by atoms with Gasteiger partial charge in [0.05, 0.1) is 18.1 Å². The summed E-state index contributed by atoms with van der Waals surface area (Å²) in [5.41, 5.74) is 22.6. The van der Waals surface area contributed by atoms with E-state index >= 15 is 0 Å². The van der Waals surface area contributed by atoms with Crippen molar-refractivity contribution in [2.75, 3.05) is 52.5 Å². The predicted octanol–water partition coefficient (Wildman–Crippen LogP) is -0.432. The molecule has 0 unspecified atom stereocenters. The van der Waals surface area contributed by atoms with E-state index in [1.165, 1.54) is 11.3 Å². The average molecular weight is 674 g/mol. The monoisotopic (exact) mass is 673 g/mol. The molecule has 16 heteroatoms. The Kier molecular flexibility index (Phi) is 15.9. The second-order valence-electron chi connectivity index (χ2n) is 11.0. The van der Waals surface area contributed by atoms with Crippen LogP contribution < -0.4 is 43.6 Å². The maximum Gasteiger partial charge on any atom is 0.261 e. The van der Waals surface area contributed by atoms with Gasteiger partial charge in [-0.15, -0.1) is 11.3 Å². The van der Waals surface area contributed by atoms with Gasteiger partial charge in [-0.2, -0.15) is 0 Å². The lowest BCUT2D eigenvalue weighted by Gasteiger charge is -2.26. The molecule has 1 saturated heterocycles. The van der Waals surface area contributed by atoms with Gasteiger partial charge in [0.2, 0.25) is 17.7 Å². The average Bonchev–Trinajstić information content (AvgIpc) is 3.61. The molecule has 0 saturated carbocycles. The Morgan fingerprint density at radius 2 is 1.60 bits per heavy atom. The standard InChI is InChI=1S/C31H47N9O6S/c32-12-2-1-5-23(37-28(42)24(6-3-13-36-31(34)35)38-30(44)25-7-4-20-47-25)29(43)39-26(27(33)41)21-8-10-22(11-9-21)46-19-16-40-14-17-45-18-15-40/h4,7-11,20,23-24,26H,1-3,5-6,12-19,32H2,(H2,33,41)(H,37,42)(H,38,44)(H,39,43)(H4,34,35,36)/t23-,24-,26-/m0/s1. The summed E-state index contributed by atoms with van der Waals surface area (Å²) in [7, 11) is 0. The number of nitrogens with zero attached hydrogens (tertiary/aromatic N) is 2. The van der Waals surface area contributed by atoms with Gasteiger partial charge < -0.3 is 48.4 Å². The first-order chi connectivity index (χ1) is 22.7. The number of benzene rings is 1. The maximum absolute atomic E-state index is 13.6. The third-order valence-electron chi connectivity index (χ3n) is 7.46. The van der Waals surface area contributed by atoms with Crippen LogP contribution in [-0.4, -0.2) is 99.1 Å². The van der Waals surface area contributed by atoms with Gasteiger partial charge >= 0.3 is 0 Å². The van der Waals surface area contributed by atoms with Crippen molar-refractivity contribution in [3.05, 3.63) is 52.2 Å². The molecular formula is C31H47N9O6S. The van der Waals surface area contributed by atoms with Crippen molar-refractivity contribution in [2.45, 2.75) is 50.2 Å². The predicted molar refractivity (Wildman–Crippen MR) is 180 cm³/mol. The van der Waals surface area contributed by atoms with Gasteiger partial charge in [-0.05, 0) is 67.8 Å². The highest BCUT2D eigenvalue weighted by Gasteiger charge is 2.30. The Morgan fingerprint density at radius 1 is 0.915 bits per heavy atom. The van der Waals surface area contributed by atoms with E-state index in [1.54, 1.807) is 41.8 Å². The van der Waals surface area contributed by atoms with Crippen LogP contribution in [-0.2, 0) is 19.1 Å². The highest BCUT2D eigenvalue weighted by atomic mass is 32.1. The molecule has 0 bridgehead atoms. The Labute approximate surface area is 278 Å². The van der Waals surface area contributed by atoms with Crippen LogP contribution in [0, 0.1) is 0 Å². The summed E-state index contributed by atoms with van der Waals surface area (Å²) in [6.07, 6.45) is 1.99. The number of amides is 4. The van der Waals surface area contributed by atoms with Gasteiger partial charge in [0, 0.05) is 26.2 Å². The van der Waals surface area contributed by atoms with Crippen LogP contribution in [0.4, 0.5) is 0 Å². The zero-order valence-corrected chi connectivity index (χ0v) is 27.3. The molecule has 2 heterocycles. The van der Waals surface area contributed by atoms with E-state index in [9.17, 15) is 19.2 Å². The number of hydrogen-bond acceptors (Lipinski definition) is 10. The first-order valence-electron chi connectivity index (χ1n) is 15.7. The van der Waals surface area contributed by atoms with Gasteiger partial charge in [0.25, 0.3) is 5.91 Å². The van der Waals surface area contributed by atoms with Crippen LogP contribution >= 0.6 is 11.3 Å². The van der Waals surface area contributed by atoms with Gasteiger partial charge in [0.15, 0.2) is 5.96 Å². The number of aliphatic imine (C=N–C) groups is 1. The minimum Gasteiger partial charge on any atom is -0.492 e. The van der Waals surface area contributed by atoms with Crippen LogP contribution in [0.25, 0.3) is 0 Å². The number of carbonyl (C=O) groups excluding carboxylic acids is 4. The number of thiophene rings is 1. The van der Waals surface area contributed by atoms with Gasteiger partial charge in [0.1, 0.15) is 30.5 Å². The van der Waals surface area contributed by atoms with Crippen molar-refractivity contribution in [1.29, 1.82) is 0 Å². The Hall–Kier alpha value is -4.25. The molecular weight excluding hydrogens is 626 g/mol. The van der Waals surface area contributed by atoms with Crippen molar-refractivity contribution < 1.29 is 28.7 Å². The zero-order valence-electron chi connectivity index (χ0n) is 26.5. The molecule has 4 amide bonds. The number of primary amides is 1. The molecule has 15 nitrogen and oxygen atoms in total. The van der Waals surface area contributed by atoms with Gasteiger partial charge in [-0.25, -0.2) is 0 Å². The van der Waals surface area contributed by atoms with E-state index in [0.717, 1.165) is 19.6 Å². The van der Waals surface area contributed by atoms with Crippen molar-refractivity contribution in [2.24, 2.45) is 27.9 Å². The van der Waals surface area contributed by atoms with Crippen LogP contribution in [0.2, 0.25) is 0 Å². The Balaban J connectivity index is 1.67. The molecule has 1 aromatic carbocycles. The molecule has 1 aliphatic rings. The third kappa shape index (κ3) is 13.2. The molecule has 0 spiro atoms. The fourth-order valence-corrected chi connectivity index (χ4v) is 5.51. The summed E-state index contributed by atoms with van der Waals surface area (Å²) in [4.78, 5) is 59.0. The number of unbranched alkanes of at least 4 members (excludes halogenated alkanes) is 1. The zero-order chi connectivity index (χ0) is 34.0. The molecule has 0 radical (unpaired) electrons. The van der Waals surface area contributed by atoms with Gasteiger partial charge in [-0.3, -0.25) is 29.1 Å².